The van der Waals surface area contributed by atoms with Crippen molar-refractivity contribution in [3.8, 4) is 0 Å². The van der Waals surface area contributed by atoms with Crippen LogP contribution in [0.15, 0.2) is 24.3 Å². The van der Waals surface area contributed by atoms with Crippen molar-refractivity contribution in [1.29, 1.82) is 0 Å². The summed E-state index contributed by atoms with van der Waals surface area (Å²) in [4.78, 5) is 0. The summed E-state index contributed by atoms with van der Waals surface area (Å²) in [6.07, 6.45) is 0.913. The van der Waals surface area contributed by atoms with Gasteiger partial charge in [0.2, 0.25) is 0 Å². The summed E-state index contributed by atoms with van der Waals surface area (Å²) in [6, 6.07) is 8.66. The van der Waals surface area contributed by atoms with E-state index in [1.54, 1.807) is 0 Å². The topological polar surface area (TPSA) is 28.7 Å². The van der Waals surface area contributed by atoms with Crippen LogP contribution in [0, 0.1) is 20.8 Å². The molecule has 1 aromatic carbocycles. The summed E-state index contributed by atoms with van der Waals surface area (Å²) in [5.74, 6) is 0. The normalized spacial score (nSPS) is 10.6. The minimum atomic E-state index is 0.913. The third kappa shape index (κ3) is 2.27. The number of nitrogens with zero attached hydrogens (tertiary/aromatic N) is 1. The molecule has 0 saturated heterocycles. The van der Waals surface area contributed by atoms with E-state index in [9.17, 15) is 0 Å². The van der Waals surface area contributed by atoms with Crippen molar-refractivity contribution in [2.24, 2.45) is 0 Å². The lowest BCUT2D eigenvalue weighted by Gasteiger charge is -2.04. The Morgan fingerprint density at radius 1 is 1.13 bits per heavy atom. The van der Waals surface area contributed by atoms with Gasteiger partial charge in [-0.05, 0) is 38.0 Å². The van der Waals surface area contributed by atoms with Gasteiger partial charge in [-0.3, -0.25) is 5.10 Å². The molecule has 2 heteroatoms. The van der Waals surface area contributed by atoms with Gasteiger partial charge in [-0.25, -0.2) is 0 Å². The smallest absolute Gasteiger partial charge is 0.0668 e. The van der Waals surface area contributed by atoms with Crippen LogP contribution in [0.3, 0.4) is 0 Å². The van der Waals surface area contributed by atoms with E-state index < -0.39 is 0 Å². The van der Waals surface area contributed by atoms with E-state index in [0.717, 1.165) is 17.8 Å². The van der Waals surface area contributed by atoms with Crippen molar-refractivity contribution in [2.75, 3.05) is 0 Å². The molecule has 0 fully saturated rings. The maximum absolute atomic E-state index is 4.25. The van der Waals surface area contributed by atoms with E-state index in [2.05, 4.69) is 48.3 Å². The number of aryl methyl sites for hydroxylation is 3. The van der Waals surface area contributed by atoms with Gasteiger partial charge in [0.15, 0.2) is 0 Å². The molecule has 2 nitrogen and oxygen atoms in total. The fraction of sp³-hybridized carbons (Fsp3) is 0.308. The van der Waals surface area contributed by atoms with Crippen LogP contribution >= 0.6 is 0 Å². The van der Waals surface area contributed by atoms with Crippen LogP contribution in [-0.2, 0) is 6.42 Å². The SMILES string of the molecule is Cc1ccc(Cc2cc(C)[nH]n2)c(C)c1. The summed E-state index contributed by atoms with van der Waals surface area (Å²) in [7, 11) is 0. The fourth-order valence-corrected chi connectivity index (χ4v) is 1.80. The van der Waals surface area contributed by atoms with Gasteiger partial charge in [0.05, 0.1) is 5.69 Å². The van der Waals surface area contributed by atoms with Crippen LogP contribution in [-0.4, -0.2) is 10.2 Å². The highest BCUT2D eigenvalue weighted by atomic mass is 15.1. The quantitative estimate of drug-likeness (QED) is 0.793. The van der Waals surface area contributed by atoms with Crippen LogP contribution in [0.5, 0.6) is 0 Å². The molecule has 0 unspecified atom stereocenters. The van der Waals surface area contributed by atoms with Crippen LogP contribution in [0.2, 0.25) is 0 Å². The van der Waals surface area contributed by atoms with Gasteiger partial charge in [0.1, 0.15) is 0 Å². The number of benzene rings is 1. The Balaban J connectivity index is 2.24. The van der Waals surface area contributed by atoms with Crippen molar-refractivity contribution in [3.63, 3.8) is 0 Å². The van der Waals surface area contributed by atoms with E-state index in [4.69, 9.17) is 0 Å². The first kappa shape index (κ1) is 9.97. The lowest BCUT2D eigenvalue weighted by atomic mass is 10.0. The number of hydrogen-bond donors (Lipinski definition) is 1. The highest BCUT2D eigenvalue weighted by molar-refractivity contribution is 5.33. The monoisotopic (exact) mass is 200 g/mol. The number of H-pyrrole nitrogens is 1. The largest absolute Gasteiger partial charge is 0.283 e. The molecule has 1 N–H and O–H groups in total. The van der Waals surface area contributed by atoms with Crippen molar-refractivity contribution >= 4 is 0 Å². The van der Waals surface area contributed by atoms with Gasteiger partial charge in [-0.15, -0.1) is 0 Å². The lowest BCUT2D eigenvalue weighted by Crippen LogP contribution is -1.92. The Morgan fingerprint density at radius 3 is 2.53 bits per heavy atom. The number of aromatic nitrogens is 2. The zero-order valence-electron chi connectivity index (χ0n) is 9.46. The molecular formula is C13H16N2. The molecular weight excluding hydrogens is 184 g/mol. The molecule has 78 valence electrons. The summed E-state index contributed by atoms with van der Waals surface area (Å²) in [6.45, 7) is 6.30. The van der Waals surface area contributed by atoms with Crippen LogP contribution in [0.25, 0.3) is 0 Å². The lowest BCUT2D eigenvalue weighted by molar-refractivity contribution is 0.975. The first-order valence-corrected chi connectivity index (χ1v) is 5.22. The van der Waals surface area contributed by atoms with E-state index >= 15 is 0 Å². The molecule has 0 amide bonds. The summed E-state index contributed by atoms with van der Waals surface area (Å²) in [5, 5.41) is 7.22. The highest BCUT2D eigenvalue weighted by Gasteiger charge is 2.02. The number of nitrogens with one attached hydrogen (secondary N) is 1. The average molecular weight is 200 g/mol. The third-order valence-corrected chi connectivity index (χ3v) is 2.63. The van der Waals surface area contributed by atoms with E-state index in [-0.39, 0.29) is 0 Å². The fourth-order valence-electron chi connectivity index (χ4n) is 1.80. The molecule has 0 saturated carbocycles. The molecule has 15 heavy (non-hydrogen) atoms. The van der Waals surface area contributed by atoms with Gasteiger partial charge >= 0.3 is 0 Å². The number of aromatic amines is 1. The Hall–Kier alpha value is -1.57. The predicted molar refractivity (Wildman–Crippen MR) is 62.0 cm³/mol. The van der Waals surface area contributed by atoms with Crippen molar-refractivity contribution < 1.29 is 0 Å². The van der Waals surface area contributed by atoms with Crippen LogP contribution in [0.4, 0.5) is 0 Å². The van der Waals surface area contributed by atoms with E-state index in [0.29, 0.717) is 0 Å². The van der Waals surface area contributed by atoms with Gasteiger partial charge in [0, 0.05) is 12.1 Å². The second-order valence-electron chi connectivity index (χ2n) is 4.15. The number of hydrogen-bond acceptors (Lipinski definition) is 1. The second-order valence-corrected chi connectivity index (χ2v) is 4.15. The van der Waals surface area contributed by atoms with Crippen LogP contribution in [0.1, 0.15) is 28.1 Å². The molecule has 2 aromatic rings. The maximum atomic E-state index is 4.25. The molecule has 0 radical (unpaired) electrons. The summed E-state index contributed by atoms with van der Waals surface area (Å²) < 4.78 is 0. The van der Waals surface area contributed by atoms with Gasteiger partial charge < -0.3 is 0 Å². The molecule has 0 atom stereocenters. The summed E-state index contributed by atoms with van der Waals surface area (Å²) >= 11 is 0. The van der Waals surface area contributed by atoms with E-state index in [1.165, 1.54) is 16.7 Å². The molecule has 0 spiro atoms. The Morgan fingerprint density at radius 2 is 1.93 bits per heavy atom. The molecule has 2 rings (SSSR count). The molecule has 1 aromatic heterocycles. The molecule has 0 bridgehead atoms. The Bertz CT molecular complexity index is 469. The molecule has 0 aliphatic heterocycles. The second kappa shape index (κ2) is 3.89. The van der Waals surface area contributed by atoms with Gasteiger partial charge in [-0.1, -0.05) is 23.8 Å². The Kier molecular flexibility index (Phi) is 2.58. The minimum Gasteiger partial charge on any atom is -0.283 e. The van der Waals surface area contributed by atoms with Crippen molar-refractivity contribution in [1.82, 2.24) is 10.2 Å². The average Bonchev–Trinajstić information content (AvgIpc) is 2.56. The predicted octanol–water partition coefficient (Wildman–Crippen LogP) is 2.93. The molecule has 0 aliphatic carbocycles. The van der Waals surface area contributed by atoms with Crippen molar-refractivity contribution in [3.05, 3.63) is 52.3 Å². The zero-order valence-corrected chi connectivity index (χ0v) is 9.46. The molecule has 0 aliphatic rings. The molecule has 1 heterocycles. The first-order chi connectivity index (χ1) is 7.15. The van der Waals surface area contributed by atoms with Gasteiger partial charge in [-0.2, -0.15) is 5.10 Å². The third-order valence-electron chi connectivity index (χ3n) is 2.63. The van der Waals surface area contributed by atoms with E-state index in [1.807, 2.05) is 6.92 Å². The van der Waals surface area contributed by atoms with Gasteiger partial charge in [0.25, 0.3) is 0 Å². The van der Waals surface area contributed by atoms with Crippen LogP contribution < -0.4 is 0 Å². The first-order valence-electron chi connectivity index (χ1n) is 5.22. The summed E-state index contributed by atoms with van der Waals surface area (Å²) in [5.41, 5.74) is 6.24. The Labute approximate surface area is 90.3 Å². The number of rotatable bonds is 2. The highest BCUT2D eigenvalue weighted by Crippen LogP contribution is 2.14. The standard InChI is InChI=1S/C13H16N2/c1-9-4-5-12(10(2)6-9)8-13-7-11(3)14-15-13/h4-7H,8H2,1-3H3,(H,14,15). The maximum Gasteiger partial charge on any atom is 0.0668 e. The minimum absolute atomic E-state index is 0.913. The zero-order chi connectivity index (χ0) is 10.8. The van der Waals surface area contributed by atoms with Crippen molar-refractivity contribution in [2.45, 2.75) is 27.2 Å².